The van der Waals surface area contributed by atoms with Gasteiger partial charge >= 0.3 is 5.97 Å². The van der Waals surface area contributed by atoms with Crippen molar-refractivity contribution in [2.45, 2.75) is 0 Å². The third-order valence-corrected chi connectivity index (χ3v) is 3.93. The number of nitrogens with one attached hydrogen (secondary N) is 1. The zero-order chi connectivity index (χ0) is 14.8. The predicted molar refractivity (Wildman–Crippen MR) is 85.1 cm³/mol. The van der Waals surface area contributed by atoms with Crippen LogP contribution in [0, 0.1) is 0 Å². The summed E-state index contributed by atoms with van der Waals surface area (Å²) in [6.45, 7) is 0. The van der Waals surface area contributed by atoms with Crippen molar-refractivity contribution in [2.75, 3.05) is 18.2 Å². The lowest BCUT2D eigenvalue weighted by atomic mass is 10.2. The zero-order valence-electron chi connectivity index (χ0n) is 11.3. The monoisotopic (exact) mass is 299 g/mol. The van der Waals surface area contributed by atoms with Crippen molar-refractivity contribution in [1.82, 2.24) is 4.98 Å². The number of anilines is 3. The maximum Gasteiger partial charge on any atom is 0.356 e. The number of methoxy groups -OCH3 is 1. The molecular weight excluding hydrogens is 286 g/mol. The highest BCUT2D eigenvalue weighted by atomic mass is 32.1. The summed E-state index contributed by atoms with van der Waals surface area (Å²) in [4.78, 5) is 15.7. The Bertz CT molecular complexity index is 814. The molecule has 0 aliphatic carbocycles. The summed E-state index contributed by atoms with van der Waals surface area (Å²) in [5.74, 6) is -0.0567. The average molecular weight is 299 g/mol. The number of rotatable bonds is 3. The Balaban J connectivity index is 1.94. The lowest BCUT2D eigenvalue weighted by Gasteiger charge is -2.09. The second kappa shape index (κ2) is 5.41. The van der Waals surface area contributed by atoms with Gasteiger partial charge in [0, 0.05) is 10.4 Å². The van der Waals surface area contributed by atoms with Crippen LogP contribution < -0.4 is 11.1 Å². The quantitative estimate of drug-likeness (QED) is 0.725. The van der Waals surface area contributed by atoms with Gasteiger partial charge in [0.25, 0.3) is 0 Å². The molecule has 1 aromatic carbocycles. The van der Waals surface area contributed by atoms with Gasteiger partial charge in [-0.25, -0.2) is 9.78 Å². The molecule has 21 heavy (non-hydrogen) atoms. The van der Waals surface area contributed by atoms with Gasteiger partial charge in [0.1, 0.15) is 0 Å². The molecule has 5 nitrogen and oxygen atoms in total. The highest BCUT2D eigenvalue weighted by molar-refractivity contribution is 7.17. The molecule has 0 unspecified atom stereocenters. The second-order valence-electron chi connectivity index (χ2n) is 4.42. The highest BCUT2D eigenvalue weighted by Crippen LogP contribution is 2.27. The number of carbonyl (C=O) groups excluding carboxylic acids is 1. The maximum absolute atomic E-state index is 11.5. The number of pyridine rings is 1. The van der Waals surface area contributed by atoms with Gasteiger partial charge in [-0.1, -0.05) is 0 Å². The number of nitrogens with two attached hydrogens (primary N) is 1. The Labute approximate surface area is 125 Å². The van der Waals surface area contributed by atoms with E-state index in [1.54, 1.807) is 17.4 Å². The van der Waals surface area contributed by atoms with Crippen LogP contribution in [0.15, 0.2) is 41.8 Å². The summed E-state index contributed by atoms with van der Waals surface area (Å²) in [5, 5.41) is 6.32. The van der Waals surface area contributed by atoms with E-state index in [0.29, 0.717) is 11.5 Å². The molecule has 0 bridgehead atoms. The van der Waals surface area contributed by atoms with E-state index in [9.17, 15) is 4.79 Å². The number of carbonyl (C=O) groups is 1. The van der Waals surface area contributed by atoms with Gasteiger partial charge in [-0.2, -0.15) is 0 Å². The van der Waals surface area contributed by atoms with Crippen LogP contribution in [0.5, 0.6) is 0 Å². The molecule has 2 aromatic heterocycles. The van der Waals surface area contributed by atoms with Crippen LogP contribution in [-0.2, 0) is 4.74 Å². The minimum absolute atomic E-state index is 0.214. The molecule has 0 amide bonds. The predicted octanol–water partition coefficient (Wildman–Crippen LogP) is 3.41. The van der Waals surface area contributed by atoms with Gasteiger partial charge < -0.3 is 15.8 Å². The number of benzene rings is 1. The Morgan fingerprint density at radius 1 is 1.29 bits per heavy atom. The number of fused-ring (bicyclic) bond motifs is 1. The summed E-state index contributed by atoms with van der Waals surface area (Å²) in [7, 11) is 1.32. The van der Waals surface area contributed by atoms with Gasteiger partial charge in [0.2, 0.25) is 0 Å². The largest absolute Gasteiger partial charge is 0.464 e. The Morgan fingerprint density at radius 2 is 2.14 bits per heavy atom. The van der Waals surface area contributed by atoms with Gasteiger partial charge in [0.15, 0.2) is 11.5 Å². The summed E-state index contributed by atoms with van der Waals surface area (Å²) in [6.07, 6.45) is 0. The molecule has 106 valence electrons. The molecular formula is C15H13N3O2S. The van der Waals surface area contributed by atoms with E-state index < -0.39 is 5.97 Å². The molecule has 0 radical (unpaired) electrons. The average Bonchev–Trinajstić information content (AvgIpc) is 2.96. The third kappa shape index (κ3) is 2.66. The molecule has 0 aliphatic rings. The molecule has 3 N–H and O–H groups in total. The van der Waals surface area contributed by atoms with Gasteiger partial charge in [-0.05, 0) is 47.2 Å². The number of hydrogen-bond donors (Lipinski definition) is 2. The SMILES string of the molecule is COC(=O)c1ccc(N)c(Nc2ccc3sccc3c2)n1. The molecule has 3 rings (SSSR count). The Hall–Kier alpha value is -2.60. The van der Waals surface area contributed by atoms with E-state index in [2.05, 4.69) is 15.0 Å². The first kappa shape index (κ1) is 13.4. The number of nitrogens with zero attached hydrogens (tertiary/aromatic N) is 1. The van der Waals surface area contributed by atoms with Crippen molar-refractivity contribution in [2.24, 2.45) is 0 Å². The van der Waals surface area contributed by atoms with Crippen molar-refractivity contribution in [3.8, 4) is 0 Å². The third-order valence-electron chi connectivity index (χ3n) is 3.04. The van der Waals surface area contributed by atoms with Crippen LogP contribution in [0.1, 0.15) is 10.5 Å². The zero-order valence-corrected chi connectivity index (χ0v) is 12.1. The van der Waals surface area contributed by atoms with Crippen molar-refractivity contribution >= 4 is 44.6 Å². The first-order valence-corrected chi connectivity index (χ1v) is 7.14. The minimum Gasteiger partial charge on any atom is -0.464 e. The second-order valence-corrected chi connectivity index (χ2v) is 5.37. The Kier molecular flexibility index (Phi) is 3.45. The summed E-state index contributed by atoms with van der Waals surface area (Å²) in [5.41, 5.74) is 7.44. The number of esters is 1. The number of nitrogen functional groups attached to an aromatic ring is 1. The van der Waals surface area contributed by atoms with E-state index in [1.807, 2.05) is 29.6 Å². The molecule has 0 fully saturated rings. The fraction of sp³-hybridized carbons (Fsp3) is 0.0667. The smallest absolute Gasteiger partial charge is 0.356 e. The molecule has 0 atom stereocenters. The van der Waals surface area contributed by atoms with Gasteiger partial charge in [-0.3, -0.25) is 0 Å². The summed E-state index contributed by atoms with van der Waals surface area (Å²) in [6, 6.07) is 11.2. The van der Waals surface area contributed by atoms with Crippen molar-refractivity contribution in [3.05, 3.63) is 47.5 Å². The van der Waals surface area contributed by atoms with Crippen molar-refractivity contribution < 1.29 is 9.53 Å². The van der Waals surface area contributed by atoms with Crippen LogP contribution in [0.25, 0.3) is 10.1 Å². The standard InChI is InChI=1S/C15H13N3O2S/c1-20-15(19)12-4-3-11(16)14(18-12)17-10-2-5-13-9(8-10)6-7-21-13/h2-8H,16H2,1H3,(H,17,18). The van der Waals surface area contributed by atoms with Crippen LogP contribution in [0.2, 0.25) is 0 Å². The fourth-order valence-electron chi connectivity index (χ4n) is 1.97. The maximum atomic E-state index is 11.5. The van der Waals surface area contributed by atoms with Gasteiger partial charge in [-0.15, -0.1) is 11.3 Å². The van der Waals surface area contributed by atoms with E-state index in [-0.39, 0.29) is 5.69 Å². The van der Waals surface area contributed by atoms with E-state index in [4.69, 9.17) is 5.73 Å². The van der Waals surface area contributed by atoms with E-state index >= 15 is 0 Å². The van der Waals surface area contributed by atoms with Crippen LogP contribution in [-0.4, -0.2) is 18.1 Å². The van der Waals surface area contributed by atoms with Crippen LogP contribution in [0.4, 0.5) is 17.2 Å². The molecule has 2 heterocycles. The fourth-order valence-corrected chi connectivity index (χ4v) is 2.74. The van der Waals surface area contributed by atoms with Crippen LogP contribution >= 0.6 is 11.3 Å². The number of thiophene rings is 1. The molecule has 0 saturated heterocycles. The lowest BCUT2D eigenvalue weighted by Crippen LogP contribution is -2.07. The topological polar surface area (TPSA) is 77.2 Å². The number of aromatic nitrogens is 1. The molecule has 3 aromatic rings. The van der Waals surface area contributed by atoms with Gasteiger partial charge in [0.05, 0.1) is 12.8 Å². The summed E-state index contributed by atoms with van der Waals surface area (Å²) < 4.78 is 5.87. The normalized spacial score (nSPS) is 10.5. The number of ether oxygens (including phenoxy) is 1. The van der Waals surface area contributed by atoms with Crippen LogP contribution in [0.3, 0.4) is 0 Å². The van der Waals surface area contributed by atoms with E-state index in [0.717, 1.165) is 11.1 Å². The lowest BCUT2D eigenvalue weighted by molar-refractivity contribution is 0.0594. The molecule has 0 saturated carbocycles. The first-order valence-electron chi connectivity index (χ1n) is 6.26. The minimum atomic E-state index is -0.494. The molecule has 6 heteroatoms. The molecule has 0 aliphatic heterocycles. The van der Waals surface area contributed by atoms with Crippen molar-refractivity contribution in [1.29, 1.82) is 0 Å². The summed E-state index contributed by atoms with van der Waals surface area (Å²) >= 11 is 1.69. The molecule has 0 spiro atoms. The van der Waals surface area contributed by atoms with Crippen molar-refractivity contribution in [3.63, 3.8) is 0 Å². The first-order chi connectivity index (χ1) is 10.2. The number of hydrogen-bond acceptors (Lipinski definition) is 6. The highest BCUT2D eigenvalue weighted by Gasteiger charge is 2.10. The Morgan fingerprint density at radius 3 is 2.95 bits per heavy atom. The van der Waals surface area contributed by atoms with E-state index in [1.165, 1.54) is 17.9 Å².